The van der Waals surface area contributed by atoms with Crippen LogP contribution in [0.25, 0.3) is 0 Å². The number of nitrogens with one attached hydrogen (secondary N) is 1. The summed E-state index contributed by atoms with van der Waals surface area (Å²) in [5, 5.41) is 12.5. The molecule has 7 nitrogen and oxygen atoms in total. The summed E-state index contributed by atoms with van der Waals surface area (Å²) in [5.41, 5.74) is 4.89. The minimum Gasteiger partial charge on any atom is -0.483 e. The van der Waals surface area contributed by atoms with Crippen LogP contribution in [0.3, 0.4) is 0 Å². The second kappa shape index (κ2) is 9.22. The summed E-state index contributed by atoms with van der Waals surface area (Å²) in [6.07, 6.45) is 1.38. The highest BCUT2D eigenvalue weighted by Crippen LogP contribution is 2.19. The Labute approximate surface area is 151 Å². The smallest absolute Gasteiger partial charge is 0.341 e. The first-order chi connectivity index (χ1) is 12.5. The van der Waals surface area contributed by atoms with Gasteiger partial charge in [0.05, 0.1) is 6.21 Å². The van der Waals surface area contributed by atoms with Gasteiger partial charge >= 0.3 is 5.97 Å². The molecule has 1 amide bonds. The number of carbonyl (C=O) groups is 2. The molecular formula is C19H20N2O5. The van der Waals surface area contributed by atoms with E-state index in [0.29, 0.717) is 17.1 Å². The predicted octanol–water partition coefficient (Wildman–Crippen LogP) is 2.30. The van der Waals surface area contributed by atoms with Crippen molar-refractivity contribution in [1.29, 1.82) is 0 Å². The van der Waals surface area contributed by atoms with Crippen LogP contribution in [0.4, 0.5) is 0 Å². The summed E-state index contributed by atoms with van der Waals surface area (Å²) in [4.78, 5) is 22.4. The Morgan fingerprint density at radius 1 is 1.08 bits per heavy atom. The zero-order valence-corrected chi connectivity index (χ0v) is 14.6. The lowest BCUT2D eigenvalue weighted by Crippen LogP contribution is -2.24. The van der Waals surface area contributed by atoms with Crippen molar-refractivity contribution >= 4 is 18.1 Å². The number of carbonyl (C=O) groups excluding carboxylic acids is 1. The molecule has 26 heavy (non-hydrogen) atoms. The first-order valence-electron chi connectivity index (χ1n) is 7.91. The van der Waals surface area contributed by atoms with E-state index >= 15 is 0 Å². The largest absolute Gasteiger partial charge is 0.483 e. The van der Waals surface area contributed by atoms with Crippen LogP contribution >= 0.6 is 0 Å². The Morgan fingerprint density at radius 3 is 2.58 bits per heavy atom. The Bertz CT molecular complexity index is 817. The molecule has 2 rings (SSSR count). The van der Waals surface area contributed by atoms with Gasteiger partial charge in [0.1, 0.15) is 11.5 Å². The van der Waals surface area contributed by atoms with Gasteiger partial charge in [-0.2, -0.15) is 5.10 Å². The number of hydrazone groups is 1. The number of amides is 1. The summed E-state index contributed by atoms with van der Waals surface area (Å²) in [6.45, 7) is 3.22. The molecule has 0 spiro atoms. The molecule has 0 saturated heterocycles. The molecule has 2 aromatic rings. The Morgan fingerprint density at radius 2 is 1.81 bits per heavy atom. The van der Waals surface area contributed by atoms with Gasteiger partial charge in [-0.3, -0.25) is 4.79 Å². The Hall–Kier alpha value is -3.35. The topological polar surface area (TPSA) is 97.2 Å². The molecule has 0 saturated carbocycles. The first kappa shape index (κ1) is 19.0. The van der Waals surface area contributed by atoms with Crippen molar-refractivity contribution in [3.05, 3.63) is 59.2 Å². The van der Waals surface area contributed by atoms with Crippen molar-refractivity contribution in [3.63, 3.8) is 0 Å². The van der Waals surface area contributed by atoms with E-state index in [9.17, 15) is 9.59 Å². The lowest BCUT2D eigenvalue weighted by atomic mass is 10.1. The lowest BCUT2D eigenvalue weighted by Gasteiger charge is -2.09. The number of hydrogen-bond acceptors (Lipinski definition) is 5. The van der Waals surface area contributed by atoms with Gasteiger partial charge in [-0.15, -0.1) is 0 Å². The zero-order valence-electron chi connectivity index (χ0n) is 14.6. The highest BCUT2D eigenvalue weighted by molar-refractivity contribution is 5.85. The number of carboxylic acid groups (broad SMARTS) is 1. The zero-order chi connectivity index (χ0) is 18.9. The Kier molecular flexibility index (Phi) is 6.73. The van der Waals surface area contributed by atoms with Crippen molar-refractivity contribution in [2.45, 2.75) is 13.8 Å². The van der Waals surface area contributed by atoms with Crippen LogP contribution in [0.2, 0.25) is 0 Å². The van der Waals surface area contributed by atoms with Crippen LogP contribution in [-0.4, -0.2) is 36.4 Å². The lowest BCUT2D eigenvalue weighted by molar-refractivity contribution is -0.139. The van der Waals surface area contributed by atoms with Gasteiger partial charge in [0.25, 0.3) is 5.91 Å². The van der Waals surface area contributed by atoms with Crippen molar-refractivity contribution in [2.75, 3.05) is 13.2 Å². The fourth-order valence-electron chi connectivity index (χ4n) is 2.07. The summed E-state index contributed by atoms with van der Waals surface area (Å²) >= 11 is 0. The molecule has 0 radical (unpaired) electrons. The second-order valence-corrected chi connectivity index (χ2v) is 5.57. The third kappa shape index (κ3) is 5.94. The molecule has 0 aliphatic heterocycles. The SMILES string of the molecule is Cc1ccc(C)c(OCC(=O)NN=Cc2ccccc2OCC(=O)O)c1. The highest BCUT2D eigenvalue weighted by Gasteiger charge is 2.06. The molecule has 0 aromatic heterocycles. The minimum absolute atomic E-state index is 0.168. The van der Waals surface area contributed by atoms with Gasteiger partial charge in [0.2, 0.25) is 0 Å². The van der Waals surface area contributed by atoms with Crippen molar-refractivity contribution in [3.8, 4) is 11.5 Å². The van der Waals surface area contributed by atoms with Crippen LogP contribution in [0.15, 0.2) is 47.6 Å². The molecule has 0 aliphatic rings. The average Bonchev–Trinajstić information content (AvgIpc) is 2.61. The maximum atomic E-state index is 11.8. The molecular weight excluding hydrogens is 336 g/mol. The van der Waals surface area contributed by atoms with E-state index in [1.807, 2.05) is 32.0 Å². The van der Waals surface area contributed by atoms with E-state index < -0.39 is 18.5 Å². The number of hydrogen-bond donors (Lipinski definition) is 2. The normalized spacial score (nSPS) is 10.5. The van der Waals surface area contributed by atoms with Gasteiger partial charge in [-0.05, 0) is 43.2 Å². The van der Waals surface area contributed by atoms with Crippen molar-refractivity contribution in [2.24, 2.45) is 5.10 Å². The van der Waals surface area contributed by atoms with E-state index in [4.69, 9.17) is 14.6 Å². The van der Waals surface area contributed by atoms with Crippen molar-refractivity contribution in [1.82, 2.24) is 5.43 Å². The van der Waals surface area contributed by atoms with Gasteiger partial charge in [0, 0.05) is 5.56 Å². The molecule has 0 bridgehead atoms. The van der Waals surface area contributed by atoms with E-state index in [0.717, 1.165) is 11.1 Å². The average molecular weight is 356 g/mol. The number of para-hydroxylation sites is 1. The third-order valence-electron chi connectivity index (χ3n) is 3.37. The fraction of sp³-hybridized carbons (Fsp3) is 0.211. The van der Waals surface area contributed by atoms with E-state index in [1.54, 1.807) is 24.3 Å². The molecule has 2 aromatic carbocycles. The predicted molar refractivity (Wildman–Crippen MR) is 96.7 cm³/mol. The summed E-state index contributed by atoms with van der Waals surface area (Å²) in [5.74, 6) is -0.476. The molecule has 0 fully saturated rings. The third-order valence-corrected chi connectivity index (χ3v) is 3.37. The maximum absolute atomic E-state index is 11.8. The number of rotatable bonds is 8. The second-order valence-electron chi connectivity index (χ2n) is 5.57. The number of ether oxygens (including phenoxy) is 2. The molecule has 0 atom stereocenters. The van der Waals surface area contributed by atoms with E-state index in [-0.39, 0.29) is 6.61 Å². The van der Waals surface area contributed by atoms with Crippen LogP contribution < -0.4 is 14.9 Å². The van der Waals surface area contributed by atoms with Gasteiger partial charge in [-0.25, -0.2) is 10.2 Å². The number of aryl methyl sites for hydroxylation is 2. The summed E-state index contributed by atoms with van der Waals surface area (Å²) in [6, 6.07) is 12.5. The molecule has 7 heteroatoms. The summed E-state index contributed by atoms with van der Waals surface area (Å²) in [7, 11) is 0. The number of carboxylic acids is 1. The number of aliphatic carboxylic acids is 1. The molecule has 136 valence electrons. The van der Waals surface area contributed by atoms with Crippen LogP contribution in [0.5, 0.6) is 11.5 Å². The minimum atomic E-state index is -1.08. The van der Waals surface area contributed by atoms with Crippen LogP contribution in [-0.2, 0) is 9.59 Å². The van der Waals surface area contributed by atoms with E-state index in [1.165, 1.54) is 6.21 Å². The summed E-state index contributed by atoms with van der Waals surface area (Å²) < 4.78 is 10.7. The molecule has 0 aliphatic carbocycles. The monoisotopic (exact) mass is 356 g/mol. The van der Waals surface area contributed by atoms with Gasteiger partial charge in [-0.1, -0.05) is 24.3 Å². The molecule has 0 unspecified atom stereocenters. The molecule has 2 N–H and O–H groups in total. The maximum Gasteiger partial charge on any atom is 0.341 e. The quantitative estimate of drug-likeness (QED) is 0.559. The standard InChI is InChI=1S/C19H20N2O5/c1-13-7-8-14(2)17(9-13)25-11-18(22)21-20-10-15-5-3-4-6-16(15)26-12-19(23)24/h3-10H,11-12H2,1-2H3,(H,21,22)(H,23,24). The van der Waals surface area contributed by atoms with Crippen molar-refractivity contribution < 1.29 is 24.2 Å². The van der Waals surface area contributed by atoms with Crippen LogP contribution in [0.1, 0.15) is 16.7 Å². The van der Waals surface area contributed by atoms with Crippen LogP contribution in [0, 0.1) is 13.8 Å². The highest BCUT2D eigenvalue weighted by atomic mass is 16.5. The number of nitrogens with zero attached hydrogens (tertiary/aromatic N) is 1. The fourth-order valence-corrected chi connectivity index (χ4v) is 2.07. The van der Waals surface area contributed by atoms with Gasteiger partial charge < -0.3 is 14.6 Å². The van der Waals surface area contributed by atoms with Gasteiger partial charge in [0.15, 0.2) is 13.2 Å². The molecule has 0 heterocycles. The first-order valence-corrected chi connectivity index (χ1v) is 7.91. The van der Waals surface area contributed by atoms with E-state index in [2.05, 4.69) is 10.5 Å². The number of benzene rings is 2. The Balaban J connectivity index is 1.89.